The maximum absolute atomic E-state index is 5.77. The van der Waals surface area contributed by atoms with Gasteiger partial charge in [0.25, 0.3) is 0 Å². The molecule has 96 valence electrons. The van der Waals surface area contributed by atoms with Gasteiger partial charge in [-0.1, -0.05) is 19.1 Å². The van der Waals surface area contributed by atoms with Gasteiger partial charge in [0.2, 0.25) is 5.88 Å². The third-order valence-corrected chi connectivity index (χ3v) is 3.37. The summed E-state index contributed by atoms with van der Waals surface area (Å²) in [6.45, 7) is 4.57. The molecule has 2 aromatic heterocycles. The molecule has 0 aliphatic heterocycles. The van der Waals surface area contributed by atoms with Gasteiger partial charge >= 0.3 is 0 Å². The highest BCUT2D eigenvalue weighted by atomic mass is 32.1. The summed E-state index contributed by atoms with van der Waals surface area (Å²) in [7, 11) is 0. The van der Waals surface area contributed by atoms with Crippen LogP contribution < -0.4 is 10.1 Å². The zero-order valence-corrected chi connectivity index (χ0v) is 11.4. The summed E-state index contributed by atoms with van der Waals surface area (Å²) in [6, 6.07) is 8.11. The van der Waals surface area contributed by atoms with E-state index in [1.807, 2.05) is 12.1 Å². The molecule has 4 heteroatoms. The highest BCUT2D eigenvalue weighted by molar-refractivity contribution is 7.09. The van der Waals surface area contributed by atoms with Crippen molar-refractivity contribution in [3.63, 3.8) is 0 Å². The SMILES string of the molecule is CCCNCc1cccnc1OCc1cccs1. The normalized spacial score (nSPS) is 10.5. The van der Waals surface area contributed by atoms with Gasteiger partial charge in [-0.2, -0.15) is 0 Å². The van der Waals surface area contributed by atoms with Gasteiger partial charge in [0.1, 0.15) is 6.61 Å². The summed E-state index contributed by atoms with van der Waals surface area (Å²) < 4.78 is 5.77. The van der Waals surface area contributed by atoms with Crippen LogP contribution in [0, 0.1) is 0 Å². The van der Waals surface area contributed by atoms with Crippen molar-refractivity contribution in [2.75, 3.05) is 6.54 Å². The maximum atomic E-state index is 5.77. The number of nitrogens with one attached hydrogen (secondary N) is 1. The smallest absolute Gasteiger partial charge is 0.218 e. The van der Waals surface area contributed by atoms with Gasteiger partial charge in [0.15, 0.2) is 0 Å². The Bertz CT molecular complexity index is 457. The number of hydrogen-bond acceptors (Lipinski definition) is 4. The van der Waals surface area contributed by atoms with Crippen LogP contribution in [0.3, 0.4) is 0 Å². The molecule has 2 heterocycles. The van der Waals surface area contributed by atoms with Crippen molar-refractivity contribution in [3.05, 3.63) is 46.3 Å². The van der Waals surface area contributed by atoms with Gasteiger partial charge in [0, 0.05) is 23.2 Å². The van der Waals surface area contributed by atoms with Crippen LogP contribution in [0.15, 0.2) is 35.8 Å². The Morgan fingerprint density at radius 2 is 2.28 bits per heavy atom. The fourth-order valence-corrected chi connectivity index (χ4v) is 2.24. The first-order valence-corrected chi connectivity index (χ1v) is 7.08. The molecule has 0 radical (unpaired) electrons. The van der Waals surface area contributed by atoms with Crippen LogP contribution in [-0.4, -0.2) is 11.5 Å². The largest absolute Gasteiger partial charge is 0.472 e. The van der Waals surface area contributed by atoms with Gasteiger partial charge in [-0.05, 0) is 30.5 Å². The van der Waals surface area contributed by atoms with Gasteiger partial charge in [-0.15, -0.1) is 11.3 Å². The van der Waals surface area contributed by atoms with Crippen molar-refractivity contribution >= 4 is 11.3 Å². The average molecular weight is 262 g/mol. The van der Waals surface area contributed by atoms with Crippen LogP contribution in [0.2, 0.25) is 0 Å². The molecule has 2 rings (SSSR count). The molecule has 0 amide bonds. The molecule has 0 fully saturated rings. The summed E-state index contributed by atoms with van der Waals surface area (Å²) in [4.78, 5) is 5.52. The minimum Gasteiger partial charge on any atom is -0.472 e. The molecule has 0 aliphatic carbocycles. The topological polar surface area (TPSA) is 34.2 Å². The monoisotopic (exact) mass is 262 g/mol. The Morgan fingerprint density at radius 1 is 1.33 bits per heavy atom. The predicted molar refractivity (Wildman–Crippen MR) is 74.9 cm³/mol. The van der Waals surface area contributed by atoms with Gasteiger partial charge in [0.05, 0.1) is 0 Å². The summed E-state index contributed by atoms with van der Waals surface area (Å²) in [5, 5.41) is 5.42. The Balaban J connectivity index is 1.94. The van der Waals surface area contributed by atoms with Crippen molar-refractivity contribution in [2.45, 2.75) is 26.5 Å². The van der Waals surface area contributed by atoms with E-state index in [9.17, 15) is 0 Å². The molecule has 18 heavy (non-hydrogen) atoms. The van der Waals surface area contributed by atoms with Crippen LogP contribution in [0.5, 0.6) is 5.88 Å². The highest BCUT2D eigenvalue weighted by Gasteiger charge is 2.04. The molecule has 1 N–H and O–H groups in total. The van der Waals surface area contributed by atoms with Crippen LogP contribution >= 0.6 is 11.3 Å². The van der Waals surface area contributed by atoms with E-state index in [0.717, 1.165) is 31.0 Å². The second-order valence-electron chi connectivity index (χ2n) is 4.01. The van der Waals surface area contributed by atoms with E-state index in [4.69, 9.17) is 4.74 Å². The van der Waals surface area contributed by atoms with E-state index in [-0.39, 0.29) is 0 Å². The fourth-order valence-electron chi connectivity index (χ4n) is 1.62. The van der Waals surface area contributed by atoms with E-state index in [0.29, 0.717) is 6.61 Å². The zero-order chi connectivity index (χ0) is 12.6. The number of thiophene rings is 1. The van der Waals surface area contributed by atoms with Crippen LogP contribution in [0.25, 0.3) is 0 Å². The second-order valence-corrected chi connectivity index (χ2v) is 5.04. The average Bonchev–Trinajstić information content (AvgIpc) is 2.91. The summed E-state index contributed by atoms with van der Waals surface area (Å²) in [5.41, 5.74) is 1.11. The lowest BCUT2D eigenvalue weighted by Crippen LogP contribution is -2.15. The molecule has 0 spiro atoms. The van der Waals surface area contributed by atoms with Gasteiger partial charge in [-0.3, -0.25) is 0 Å². The van der Waals surface area contributed by atoms with E-state index in [2.05, 4.69) is 34.7 Å². The first-order valence-electron chi connectivity index (χ1n) is 6.20. The maximum Gasteiger partial charge on any atom is 0.218 e. The Labute approximate surface area is 112 Å². The van der Waals surface area contributed by atoms with Gasteiger partial charge in [-0.25, -0.2) is 4.98 Å². The van der Waals surface area contributed by atoms with E-state index in [1.54, 1.807) is 17.5 Å². The molecule has 0 bridgehead atoms. The third-order valence-electron chi connectivity index (χ3n) is 2.52. The van der Waals surface area contributed by atoms with E-state index < -0.39 is 0 Å². The highest BCUT2D eigenvalue weighted by Crippen LogP contribution is 2.17. The molecule has 0 aliphatic rings. The van der Waals surface area contributed by atoms with Crippen molar-refractivity contribution in [1.29, 1.82) is 0 Å². The predicted octanol–water partition coefficient (Wildman–Crippen LogP) is 3.22. The molecule has 0 unspecified atom stereocenters. The van der Waals surface area contributed by atoms with E-state index in [1.165, 1.54) is 4.88 Å². The molecular weight excluding hydrogens is 244 g/mol. The fraction of sp³-hybridized carbons (Fsp3) is 0.357. The van der Waals surface area contributed by atoms with Crippen molar-refractivity contribution in [1.82, 2.24) is 10.3 Å². The van der Waals surface area contributed by atoms with Crippen LogP contribution in [-0.2, 0) is 13.2 Å². The standard InChI is InChI=1S/C14H18N2OS/c1-2-7-15-10-12-5-3-8-16-14(12)17-11-13-6-4-9-18-13/h3-6,8-9,15H,2,7,10-11H2,1H3. The molecule has 0 aromatic carbocycles. The quantitative estimate of drug-likeness (QED) is 0.778. The molecule has 2 aromatic rings. The lowest BCUT2D eigenvalue weighted by atomic mass is 10.2. The zero-order valence-electron chi connectivity index (χ0n) is 10.6. The summed E-state index contributed by atoms with van der Waals surface area (Å²) in [5.74, 6) is 0.731. The molecule has 0 saturated heterocycles. The van der Waals surface area contributed by atoms with E-state index >= 15 is 0 Å². The molecule has 0 saturated carbocycles. The molecular formula is C14H18N2OS. The van der Waals surface area contributed by atoms with Crippen molar-refractivity contribution < 1.29 is 4.74 Å². The number of pyridine rings is 1. The minimum atomic E-state index is 0.593. The Hall–Kier alpha value is -1.39. The first-order chi connectivity index (χ1) is 8.90. The first kappa shape index (κ1) is 13.1. The molecule has 3 nitrogen and oxygen atoms in total. The van der Waals surface area contributed by atoms with Crippen molar-refractivity contribution in [3.8, 4) is 5.88 Å². The van der Waals surface area contributed by atoms with Crippen LogP contribution in [0.4, 0.5) is 0 Å². The summed E-state index contributed by atoms with van der Waals surface area (Å²) in [6.07, 6.45) is 2.90. The number of aromatic nitrogens is 1. The number of ether oxygens (including phenoxy) is 1. The Kier molecular flexibility index (Phi) is 5.17. The number of nitrogens with zero attached hydrogens (tertiary/aromatic N) is 1. The minimum absolute atomic E-state index is 0.593. The van der Waals surface area contributed by atoms with Gasteiger partial charge < -0.3 is 10.1 Å². The lowest BCUT2D eigenvalue weighted by molar-refractivity contribution is 0.293. The Morgan fingerprint density at radius 3 is 3.06 bits per heavy atom. The number of hydrogen-bond donors (Lipinski definition) is 1. The second kappa shape index (κ2) is 7.13. The van der Waals surface area contributed by atoms with Crippen molar-refractivity contribution in [2.24, 2.45) is 0 Å². The number of rotatable bonds is 7. The lowest BCUT2D eigenvalue weighted by Gasteiger charge is -2.09. The van der Waals surface area contributed by atoms with Crippen LogP contribution in [0.1, 0.15) is 23.8 Å². The third kappa shape index (κ3) is 3.82. The summed E-state index contributed by atoms with van der Waals surface area (Å²) >= 11 is 1.70. The molecule has 0 atom stereocenters.